The Bertz CT molecular complexity index is 197. The van der Waals surface area contributed by atoms with Crippen molar-refractivity contribution < 1.29 is 15.0 Å². The molecule has 0 fully saturated rings. The molecule has 0 heterocycles. The molecule has 1 amide bonds. The topological polar surface area (TPSA) is 95.6 Å². The lowest BCUT2D eigenvalue weighted by Crippen LogP contribution is -2.45. The molecule has 0 aromatic heterocycles. The van der Waals surface area contributed by atoms with Gasteiger partial charge in [-0.1, -0.05) is 20.8 Å². The van der Waals surface area contributed by atoms with E-state index in [0.717, 1.165) is 0 Å². The molecule has 0 aromatic rings. The lowest BCUT2D eigenvalue weighted by atomic mass is 9.85. The molecule has 0 bridgehead atoms. The van der Waals surface area contributed by atoms with Gasteiger partial charge < -0.3 is 21.3 Å². The van der Waals surface area contributed by atoms with Crippen molar-refractivity contribution in [3.63, 3.8) is 0 Å². The summed E-state index contributed by atoms with van der Waals surface area (Å²) < 4.78 is 0. The molecule has 15 heavy (non-hydrogen) atoms. The SMILES string of the molecule is CC(C)(C)C(N)CC(=O)NC(CO)CO. The number of hydrogen-bond donors (Lipinski definition) is 4. The number of aliphatic hydroxyl groups is 2. The Morgan fingerprint density at radius 2 is 1.80 bits per heavy atom. The third kappa shape index (κ3) is 5.71. The third-order valence-electron chi connectivity index (χ3n) is 2.32. The van der Waals surface area contributed by atoms with Gasteiger partial charge in [0, 0.05) is 12.5 Å². The summed E-state index contributed by atoms with van der Waals surface area (Å²) in [5.41, 5.74) is 5.69. The van der Waals surface area contributed by atoms with Gasteiger partial charge in [0.2, 0.25) is 5.91 Å². The minimum absolute atomic E-state index is 0.134. The first-order valence-electron chi connectivity index (χ1n) is 5.08. The average molecular weight is 218 g/mol. The van der Waals surface area contributed by atoms with E-state index in [0.29, 0.717) is 0 Å². The predicted octanol–water partition coefficient (Wildman–Crippen LogP) is -0.781. The molecular formula is C10H22N2O3. The smallest absolute Gasteiger partial charge is 0.221 e. The van der Waals surface area contributed by atoms with Gasteiger partial charge in [-0.3, -0.25) is 4.79 Å². The van der Waals surface area contributed by atoms with Crippen molar-refractivity contribution in [2.75, 3.05) is 13.2 Å². The van der Waals surface area contributed by atoms with Crippen LogP contribution in [0.15, 0.2) is 0 Å². The molecule has 0 aromatic carbocycles. The fourth-order valence-corrected chi connectivity index (χ4v) is 0.942. The standard InChI is InChI=1S/C10H22N2O3/c1-10(2,3)8(11)4-9(15)12-7(5-13)6-14/h7-8,13-14H,4-6,11H2,1-3H3,(H,12,15). The number of rotatable bonds is 5. The summed E-state index contributed by atoms with van der Waals surface area (Å²) in [5.74, 6) is -0.245. The Morgan fingerprint density at radius 1 is 1.33 bits per heavy atom. The maximum atomic E-state index is 11.4. The summed E-state index contributed by atoms with van der Waals surface area (Å²) in [6.45, 7) is 5.33. The molecule has 1 unspecified atom stereocenters. The number of nitrogens with two attached hydrogens (primary N) is 1. The fourth-order valence-electron chi connectivity index (χ4n) is 0.942. The predicted molar refractivity (Wildman–Crippen MR) is 58.1 cm³/mol. The van der Waals surface area contributed by atoms with E-state index in [1.165, 1.54) is 0 Å². The molecule has 0 aliphatic heterocycles. The number of amides is 1. The molecular weight excluding hydrogens is 196 g/mol. The highest BCUT2D eigenvalue weighted by Gasteiger charge is 2.23. The van der Waals surface area contributed by atoms with E-state index in [1.807, 2.05) is 20.8 Å². The Balaban J connectivity index is 4.04. The normalized spacial score (nSPS) is 14.1. The first-order chi connectivity index (χ1) is 6.81. The van der Waals surface area contributed by atoms with Gasteiger partial charge in [0.1, 0.15) is 0 Å². The Hall–Kier alpha value is -0.650. The van der Waals surface area contributed by atoms with Gasteiger partial charge in [-0.15, -0.1) is 0 Å². The van der Waals surface area contributed by atoms with E-state index in [-0.39, 0.29) is 37.0 Å². The van der Waals surface area contributed by atoms with Crippen molar-refractivity contribution in [1.82, 2.24) is 5.32 Å². The lowest BCUT2D eigenvalue weighted by Gasteiger charge is -2.27. The van der Waals surface area contributed by atoms with Crippen LogP contribution in [0, 0.1) is 5.41 Å². The van der Waals surface area contributed by atoms with Crippen LogP contribution in [-0.4, -0.2) is 41.4 Å². The van der Waals surface area contributed by atoms with Crippen molar-refractivity contribution >= 4 is 5.91 Å². The second-order valence-electron chi connectivity index (χ2n) is 4.81. The monoisotopic (exact) mass is 218 g/mol. The highest BCUT2D eigenvalue weighted by atomic mass is 16.3. The van der Waals surface area contributed by atoms with E-state index < -0.39 is 6.04 Å². The van der Waals surface area contributed by atoms with Gasteiger partial charge in [0.25, 0.3) is 0 Å². The molecule has 0 radical (unpaired) electrons. The Morgan fingerprint density at radius 3 is 2.13 bits per heavy atom. The molecule has 5 heteroatoms. The average Bonchev–Trinajstić information content (AvgIpc) is 2.12. The summed E-state index contributed by atoms with van der Waals surface area (Å²) >= 11 is 0. The van der Waals surface area contributed by atoms with Crippen LogP contribution in [0.4, 0.5) is 0 Å². The molecule has 0 spiro atoms. The summed E-state index contributed by atoms with van der Waals surface area (Å²) in [7, 11) is 0. The number of aliphatic hydroxyl groups excluding tert-OH is 2. The van der Waals surface area contributed by atoms with E-state index in [1.54, 1.807) is 0 Å². The van der Waals surface area contributed by atoms with Gasteiger partial charge in [0.05, 0.1) is 19.3 Å². The zero-order valence-electron chi connectivity index (χ0n) is 9.66. The Labute approximate surface area is 90.7 Å². The van der Waals surface area contributed by atoms with Crippen molar-refractivity contribution in [2.45, 2.75) is 39.3 Å². The van der Waals surface area contributed by atoms with Crippen LogP contribution in [0.2, 0.25) is 0 Å². The maximum Gasteiger partial charge on any atom is 0.221 e. The molecule has 0 rings (SSSR count). The van der Waals surface area contributed by atoms with Crippen LogP contribution in [0.1, 0.15) is 27.2 Å². The van der Waals surface area contributed by atoms with Crippen LogP contribution in [0.5, 0.6) is 0 Å². The molecule has 0 aliphatic carbocycles. The van der Waals surface area contributed by atoms with Crippen LogP contribution in [0.25, 0.3) is 0 Å². The summed E-state index contributed by atoms with van der Waals surface area (Å²) in [6.07, 6.45) is 0.194. The van der Waals surface area contributed by atoms with Gasteiger partial charge in [-0.05, 0) is 5.41 Å². The molecule has 5 N–H and O–H groups in total. The van der Waals surface area contributed by atoms with Crippen LogP contribution >= 0.6 is 0 Å². The fraction of sp³-hybridized carbons (Fsp3) is 0.900. The minimum atomic E-state index is -0.593. The van der Waals surface area contributed by atoms with Gasteiger partial charge >= 0.3 is 0 Å². The first-order valence-corrected chi connectivity index (χ1v) is 5.08. The maximum absolute atomic E-state index is 11.4. The zero-order chi connectivity index (χ0) is 12.1. The zero-order valence-corrected chi connectivity index (χ0v) is 9.66. The molecule has 5 nitrogen and oxygen atoms in total. The van der Waals surface area contributed by atoms with E-state index in [4.69, 9.17) is 15.9 Å². The second-order valence-corrected chi connectivity index (χ2v) is 4.81. The quantitative estimate of drug-likeness (QED) is 0.487. The molecule has 0 saturated heterocycles. The van der Waals surface area contributed by atoms with Crippen LogP contribution < -0.4 is 11.1 Å². The molecule has 0 saturated carbocycles. The van der Waals surface area contributed by atoms with E-state index >= 15 is 0 Å². The van der Waals surface area contributed by atoms with Crippen molar-refractivity contribution in [1.29, 1.82) is 0 Å². The van der Waals surface area contributed by atoms with Crippen LogP contribution in [-0.2, 0) is 4.79 Å². The van der Waals surface area contributed by atoms with Crippen molar-refractivity contribution in [3.8, 4) is 0 Å². The first kappa shape index (κ1) is 14.3. The number of carbonyl (C=O) groups excluding carboxylic acids is 1. The number of hydrogen-bond acceptors (Lipinski definition) is 4. The summed E-state index contributed by atoms with van der Waals surface area (Å²) in [6, 6.07) is -0.833. The van der Waals surface area contributed by atoms with E-state index in [9.17, 15) is 4.79 Å². The van der Waals surface area contributed by atoms with Crippen molar-refractivity contribution in [2.24, 2.45) is 11.1 Å². The number of nitrogens with one attached hydrogen (secondary N) is 1. The highest BCUT2D eigenvalue weighted by Crippen LogP contribution is 2.19. The van der Waals surface area contributed by atoms with Crippen molar-refractivity contribution in [3.05, 3.63) is 0 Å². The van der Waals surface area contributed by atoms with Gasteiger partial charge in [-0.25, -0.2) is 0 Å². The second kappa shape index (κ2) is 6.05. The largest absolute Gasteiger partial charge is 0.394 e. The van der Waals surface area contributed by atoms with E-state index in [2.05, 4.69) is 5.32 Å². The molecule has 0 aliphatic rings. The summed E-state index contributed by atoms with van der Waals surface area (Å²) in [5, 5.41) is 20.0. The molecule has 90 valence electrons. The lowest BCUT2D eigenvalue weighted by molar-refractivity contribution is -0.123. The van der Waals surface area contributed by atoms with Crippen LogP contribution in [0.3, 0.4) is 0 Å². The van der Waals surface area contributed by atoms with Gasteiger partial charge in [0.15, 0.2) is 0 Å². The highest BCUT2D eigenvalue weighted by molar-refractivity contribution is 5.77. The summed E-state index contributed by atoms with van der Waals surface area (Å²) in [4.78, 5) is 11.4. The minimum Gasteiger partial charge on any atom is -0.394 e. The third-order valence-corrected chi connectivity index (χ3v) is 2.32. The Kier molecular flexibility index (Phi) is 5.79. The van der Waals surface area contributed by atoms with Gasteiger partial charge in [-0.2, -0.15) is 0 Å². The number of carbonyl (C=O) groups is 1. The molecule has 1 atom stereocenters.